The normalized spacial score (nSPS) is 15.6. The molecule has 0 fully saturated rings. The monoisotopic (exact) mass is 439 g/mol. The number of rotatable bonds is 6. The molecule has 2 aromatic heterocycles. The van der Waals surface area contributed by atoms with Crippen molar-refractivity contribution in [3.63, 3.8) is 0 Å². The first-order valence-electron chi connectivity index (χ1n) is 10.3. The maximum atomic E-state index is 12.8. The number of carbonyl (C=O) groups excluding carboxylic acids is 3. The SMILES string of the molecule is CC(C)CCNC(=O)c1csc(NC(=O)c2ccc3[nH]c4c(c3c2)C(C)CNC4=O)n1. The number of aromatic nitrogens is 2. The first kappa shape index (κ1) is 21.0. The van der Waals surface area contributed by atoms with Crippen LogP contribution in [-0.2, 0) is 0 Å². The molecule has 8 nitrogen and oxygen atoms in total. The van der Waals surface area contributed by atoms with Crippen molar-refractivity contribution in [2.45, 2.75) is 33.1 Å². The van der Waals surface area contributed by atoms with Crippen LogP contribution in [0.1, 0.15) is 70.0 Å². The maximum Gasteiger partial charge on any atom is 0.270 e. The van der Waals surface area contributed by atoms with Gasteiger partial charge in [0.25, 0.3) is 17.7 Å². The molecule has 1 aliphatic heterocycles. The average Bonchev–Trinajstić information content (AvgIpc) is 3.35. The van der Waals surface area contributed by atoms with E-state index in [0.717, 1.165) is 22.9 Å². The summed E-state index contributed by atoms with van der Waals surface area (Å²) in [6.07, 6.45) is 0.894. The molecular weight excluding hydrogens is 414 g/mol. The van der Waals surface area contributed by atoms with E-state index in [4.69, 9.17) is 0 Å². The second-order valence-electron chi connectivity index (χ2n) is 8.22. The summed E-state index contributed by atoms with van der Waals surface area (Å²) in [6.45, 7) is 7.39. The van der Waals surface area contributed by atoms with Gasteiger partial charge in [0.2, 0.25) is 0 Å². The van der Waals surface area contributed by atoms with Crippen LogP contribution in [0.2, 0.25) is 0 Å². The van der Waals surface area contributed by atoms with Gasteiger partial charge >= 0.3 is 0 Å². The van der Waals surface area contributed by atoms with Crippen molar-refractivity contribution < 1.29 is 14.4 Å². The van der Waals surface area contributed by atoms with Crippen LogP contribution in [0.25, 0.3) is 10.9 Å². The highest BCUT2D eigenvalue weighted by Gasteiger charge is 2.27. The van der Waals surface area contributed by atoms with Gasteiger partial charge in [-0.05, 0) is 36.1 Å². The summed E-state index contributed by atoms with van der Waals surface area (Å²) < 4.78 is 0. The van der Waals surface area contributed by atoms with Crippen LogP contribution in [0.15, 0.2) is 23.6 Å². The van der Waals surface area contributed by atoms with Gasteiger partial charge in [0.05, 0.1) is 0 Å². The highest BCUT2D eigenvalue weighted by atomic mass is 32.1. The van der Waals surface area contributed by atoms with Crippen molar-refractivity contribution in [3.05, 3.63) is 46.1 Å². The Balaban J connectivity index is 1.49. The van der Waals surface area contributed by atoms with Crippen LogP contribution < -0.4 is 16.0 Å². The van der Waals surface area contributed by atoms with E-state index in [1.807, 2.05) is 6.92 Å². The summed E-state index contributed by atoms with van der Waals surface area (Å²) >= 11 is 1.21. The Morgan fingerprint density at radius 1 is 1.29 bits per heavy atom. The third-order valence-corrected chi connectivity index (χ3v) is 6.11. The van der Waals surface area contributed by atoms with Gasteiger partial charge in [-0.3, -0.25) is 19.7 Å². The van der Waals surface area contributed by atoms with Crippen molar-refractivity contribution in [3.8, 4) is 0 Å². The first-order valence-corrected chi connectivity index (χ1v) is 11.2. The van der Waals surface area contributed by atoms with Crippen LogP contribution in [-0.4, -0.2) is 40.8 Å². The molecule has 0 radical (unpaired) electrons. The summed E-state index contributed by atoms with van der Waals surface area (Å²) in [5.41, 5.74) is 3.06. The lowest BCUT2D eigenvalue weighted by Crippen LogP contribution is -2.33. The Bertz CT molecular complexity index is 1160. The lowest BCUT2D eigenvalue weighted by Gasteiger charge is -2.19. The zero-order valence-corrected chi connectivity index (χ0v) is 18.5. The number of nitrogens with one attached hydrogen (secondary N) is 4. The molecule has 4 rings (SSSR count). The lowest BCUT2D eigenvalue weighted by molar-refractivity contribution is 0.0933. The molecule has 0 saturated carbocycles. The van der Waals surface area contributed by atoms with Gasteiger partial charge in [0.1, 0.15) is 11.4 Å². The molecule has 0 saturated heterocycles. The second kappa shape index (κ2) is 8.50. The summed E-state index contributed by atoms with van der Waals surface area (Å²) in [5.74, 6) is -0.0328. The average molecular weight is 440 g/mol. The number of nitrogens with zero attached hydrogens (tertiary/aromatic N) is 1. The Labute approximate surface area is 183 Å². The van der Waals surface area contributed by atoms with E-state index in [2.05, 4.69) is 39.8 Å². The van der Waals surface area contributed by atoms with Crippen molar-refractivity contribution in [2.24, 2.45) is 5.92 Å². The zero-order valence-electron chi connectivity index (χ0n) is 17.7. The van der Waals surface area contributed by atoms with Crippen LogP contribution in [0.3, 0.4) is 0 Å². The molecule has 3 aromatic rings. The van der Waals surface area contributed by atoms with E-state index in [1.165, 1.54) is 11.3 Å². The number of anilines is 1. The molecule has 1 unspecified atom stereocenters. The number of thiazole rings is 1. The maximum absolute atomic E-state index is 12.8. The predicted molar refractivity (Wildman–Crippen MR) is 121 cm³/mol. The van der Waals surface area contributed by atoms with Gasteiger partial charge < -0.3 is 15.6 Å². The number of hydrogen-bond donors (Lipinski definition) is 4. The highest BCUT2D eigenvalue weighted by molar-refractivity contribution is 7.14. The predicted octanol–water partition coefficient (Wildman–Crippen LogP) is 3.50. The second-order valence-corrected chi connectivity index (χ2v) is 9.07. The molecular formula is C22H25N5O3S. The van der Waals surface area contributed by atoms with Crippen LogP contribution in [0, 0.1) is 5.92 Å². The van der Waals surface area contributed by atoms with Gasteiger partial charge in [0, 0.05) is 40.9 Å². The third-order valence-electron chi connectivity index (χ3n) is 5.35. The molecule has 1 atom stereocenters. The van der Waals surface area contributed by atoms with Gasteiger partial charge in [-0.2, -0.15) is 0 Å². The Morgan fingerprint density at radius 2 is 2.10 bits per heavy atom. The molecule has 4 N–H and O–H groups in total. The van der Waals surface area contributed by atoms with Gasteiger partial charge in [-0.25, -0.2) is 4.98 Å². The standard InChI is InChI=1S/C22H25N5O3S/c1-11(2)6-7-23-20(29)16-10-31-22(26-16)27-19(28)13-4-5-15-14(8-13)17-12(3)9-24-21(30)18(17)25-15/h4-5,8,10-12,25H,6-7,9H2,1-3H3,(H,23,29)(H,24,30)(H,26,27,28). The molecule has 162 valence electrons. The molecule has 0 bridgehead atoms. The Hall–Kier alpha value is -3.20. The van der Waals surface area contributed by atoms with E-state index < -0.39 is 0 Å². The number of hydrogen-bond acceptors (Lipinski definition) is 5. The lowest BCUT2D eigenvalue weighted by atomic mass is 9.93. The van der Waals surface area contributed by atoms with Crippen molar-refractivity contribution in [1.29, 1.82) is 0 Å². The molecule has 1 aromatic carbocycles. The number of aromatic amines is 1. The van der Waals surface area contributed by atoms with E-state index in [1.54, 1.807) is 23.6 Å². The van der Waals surface area contributed by atoms with Crippen molar-refractivity contribution in [2.75, 3.05) is 18.4 Å². The molecule has 0 aliphatic carbocycles. The topological polar surface area (TPSA) is 116 Å². The zero-order chi connectivity index (χ0) is 22.1. The smallest absolute Gasteiger partial charge is 0.270 e. The number of carbonyl (C=O) groups is 3. The Morgan fingerprint density at radius 3 is 2.87 bits per heavy atom. The largest absolute Gasteiger partial charge is 0.351 e. The molecule has 0 spiro atoms. The molecule has 31 heavy (non-hydrogen) atoms. The highest BCUT2D eigenvalue weighted by Crippen LogP contribution is 2.32. The fraction of sp³-hybridized carbons (Fsp3) is 0.364. The van der Waals surface area contributed by atoms with Crippen LogP contribution in [0.5, 0.6) is 0 Å². The molecule has 3 amide bonds. The van der Waals surface area contributed by atoms with E-state index in [0.29, 0.717) is 41.1 Å². The summed E-state index contributed by atoms with van der Waals surface area (Å²) in [5, 5.41) is 11.3. The van der Waals surface area contributed by atoms with Gasteiger partial charge in [-0.15, -0.1) is 11.3 Å². The summed E-state index contributed by atoms with van der Waals surface area (Å²) in [6, 6.07) is 5.30. The minimum Gasteiger partial charge on any atom is -0.351 e. The van der Waals surface area contributed by atoms with E-state index >= 15 is 0 Å². The summed E-state index contributed by atoms with van der Waals surface area (Å²) in [4.78, 5) is 44.5. The molecule has 3 heterocycles. The quantitative estimate of drug-likeness (QED) is 0.470. The van der Waals surface area contributed by atoms with Crippen LogP contribution in [0.4, 0.5) is 5.13 Å². The summed E-state index contributed by atoms with van der Waals surface area (Å²) in [7, 11) is 0. The number of benzene rings is 1. The van der Waals surface area contributed by atoms with Gasteiger partial charge in [-0.1, -0.05) is 20.8 Å². The minimum absolute atomic E-state index is 0.128. The van der Waals surface area contributed by atoms with E-state index in [9.17, 15) is 14.4 Å². The van der Waals surface area contributed by atoms with Crippen LogP contribution >= 0.6 is 11.3 Å². The fourth-order valence-corrected chi connectivity index (χ4v) is 4.34. The fourth-order valence-electron chi connectivity index (χ4n) is 3.65. The van der Waals surface area contributed by atoms with Gasteiger partial charge in [0.15, 0.2) is 5.13 Å². The number of fused-ring (bicyclic) bond motifs is 3. The minimum atomic E-state index is -0.314. The van der Waals surface area contributed by atoms with Crippen molar-refractivity contribution in [1.82, 2.24) is 20.6 Å². The van der Waals surface area contributed by atoms with E-state index in [-0.39, 0.29) is 23.6 Å². The Kier molecular flexibility index (Phi) is 5.77. The first-order chi connectivity index (χ1) is 14.8. The third kappa shape index (κ3) is 4.32. The molecule has 1 aliphatic rings. The number of amides is 3. The number of H-pyrrole nitrogens is 1. The van der Waals surface area contributed by atoms with Crippen molar-refractivity contribution >= 4 is 45.1 Å². The molecule has 9 heteroatoms.